The van der Waals surface area contributed by atoms with Crippen molar-refractivity contribution in [2.45, 2.75) is 43.9 Å². The number of pyridine rings is 1. The van der Waals surface area contributed by atoms with E-state index in [9.17, 15) is 19.1 Å². The standard InChI is InChI=1S/C18H20FN3O3/c19-12-8-20-17-16(14(12)10-4-6-22(9-23)7-5-10)15-11(18(24)25)2-1-3-13(15)21-17/h8-11H,1-7H2,(H,20,21)(H,24,25). The Hall–Kier alpha value is -2.44. The number of aryl methyl sites for hydroxylation is 1. The van der Waals surface area contributed by atoms with Crippen LogP contribution in [0.5, 0.6) is 0 Å². The van der Waals surface area contributed by atoms with Gasteiger partial charge in [-0.05, 0) is 43.6 Å². The number of rotatable bonds is 3. The first kappa shape index (κ1) is 16.1. The molecule has 25 heavy (non-hydrogen) atoms. The van der Waals surface area contributed by atoms with Crippen molar-refractivity contribution in [2.24, 2.45) is 0 Å². The van der Waals surface area contributed by atoms with Crippen LogP contribution >= 0.6 is 0 Å². The van der Waals surface area contributed by atoms with Crippen LogP contribution < -0.4 is 0 Å². The second-order valence-electron chi connectivity index (χ2n) is 6.96. The molecule has 7 heteroatoms. The van der Waals surface area contributed by atoms with Crippen LogP contribution in [-0.4, -0.2) is 45.4 Å². The van der Waals surface area contributed by atoms with Gasteiger partial charge in [-0.1, -0.05) is 0 Å². The molecule has 2 N–H and O–H groups in total. The Balaban J connectivity index is 1.86. The van der Waals surface area contributed by atoms with E-state index in [1.807, 2.05) is 0 Å². The first-order valence-corrected chi connectivity index (χ1v) is 8.71. The molecule has 6 nitrogen and oxygen atoms in total. The maximum absolute atomic E-state index is 14.8. The molecule has 1 unspecified atom stereocenters. The van der Waals surface area contributed by atoms with Gasteiger partial charge in [0.2, 0.25) is 6.41 Å². The fourth-order valence-corrected chi connectivity index (χ4v) is 4.38. The number of fused-ring (bicyclic) bond motifs is 3. The van der Waals surface area contributed by atoms with Crippen molar-refractivity contribution in [1.29, 1.82) is 0 Å². The van der Waals surface area contributed by atoms with E-state index in [0.717, 1.165) is 24.9 Å². The molecule has 0 bridgehead atoms. The molecule has 0 saturated carbocycles. The smallest absolute Gasteiger partial charge is 0.311 e. The third-order valence-electron chi connectivity index (χ3n) is 5.59. The van der Waals surface area contributed by atoms with Crippen molar-refractivity contribution in [2.75, 3.05) is 13.1 Å². The summed E-state index contributed by atoms with van der Waals surface area (Å²) < 4.78 is 14.8. The van der Waals surface area contributed by atoms with E-state index < -0.39 is 11.9 Å². The number of carboxylic acids is 1. The Morgan fingerprint density at radius 2 is 2.08 bits per heavy atom. The highest BCUT2D eigenvalue weighted by molar-refractivity contribution is 5.92. The number of halogens is 1. The zero-order valence-electron chi connectivity index (χ0n) is 13.8. The van der Waals surface area contributed by atoms with Crippen LogP contribution in [0.25, 0.3) is 11.0 Å². The lowest BCUT2D eigenvalue weighted by Crippen LogP contribution is -2.32. The van der Waals surface area contributed by atoms with Crippen LogP contribution in [0.2, 0.25) is 0 Å². The maximum atomic E-state index is 14.8. The topological polar surface area (TPSA) is 86.3 Å². The van der Waals surface area contributed by atoms with E-state index in [4.69, 9.17) is 0 Å². The lowest BCUT2D eigenvalue weighted by Gasteiger charge is -2.30. The van der Waals surface area contributed by atoms with Gasteiger partial charge in [-0.3, -0.25) is 9.59 Å². The molecule has 4 rings (SSSR count). The number of hydrogen-bond donors (Lipinski definition) is 2. The Morgan fingerprint density at radius 3 is 2.76 bits per heavy atom. The summed E-state index contributed by atoms with van der Waals surface area (Å²) in [6.07, 6.45) is 5.52. The van der Waals surface area contributed by atoms with Gasteiger partial charge in [0.1, 0.15) is 11.5 Å². The highest BCUT2D eigenvalue weighted by atomic mass is 19.1. The van der Waals surface area contributed by atoms with E-state index in [2.05, 4.69) is 9.97 Å². The van der Waals surface area contributed by atoms with Crippen molar-refractivity contribution in [3.8, 4) is 0 Å². The number of likely N-dealkylation sites (tertiary alicyclic amines) is 1. The van der Waals surface area contributed by atoms with Gasteiger partial charge >= 0.3 is 5.97 Å². The number of aromatic nitrogens is 2. The van der Waals surface area contributed by atoms with Crippen molar-refractivity contribution >= 4 is 23.4 Å². The molecular weight excluding hydrogens is 325 g/mol. The van der Waals surface area contributed by atoms with Gasteiger partial charge in [0.15, 0.2) is 0 Å². The van der Waals surface area contributed by atoms with Crippen molar-refractivity contribution in [1.82, 2.24) is 14.9 Å². The number of carbonyl (C=O) groups excluding carboxylic acids is 1. The zero-order chi connectivity index (χ0) is 17.6. The van der Waals surface area contributed by atoms with Crippen LogP contribution in [0, 0.1) is 5.82 Å². The fraction of sp³-hybridized carbons (Fsp3) is 0.500. The monoisotopic (exact) mass is 345 g/mol. The lowest BCUT2D eigenvalue weighted by molar-refractivity contribution is -0.139. The summed E-state index contributed by atoms with van der Waals surface area (Å²) in [6, 6.07) is 0. The lowest BCUT2D eigenvalue weighted by atomic mass is 9.81. The van der Waals surface area contributed by atoms with Crippen LogP contribution in [0.15, 0.2) is 6.20 Å². The molecule has 0 spiro atoms. The summed E-state index contributed by atoms with van der Waals surface area (Å²) in [6.45, 7) is 1.18. The summed E-state index contributed by atoms with van der Waals surface area (Å²) in [7, 11) is 0. The number of carboxylic acid groups (broad SMARTS) is 1. The number of nitrogens with zero attached hydrogens (tertiary/aromatic N) is 2. The third kappa shape index (κ3) is 2.58. The van der Waals surface area contributed by atoms with Gasteiger partial charge in [-0.2, -0.15) is 0 Å². The number of aliphatic carboxylic acids is 1. The van der Waals surface area contributed by atoms with E-state index in [1.54, 1.807) is 4.90 Å². The Kier molecular flexibility index (Phi) is 3.94. The minimum absolute atomic E-state index is 0.0297. The normalized spacial score (nSPS) is 21.3. The maximum Gasteiger partial charge on any atom is 0.311 e. The second kappa shape index (κ2) is 6.13. The molecule has 132 valence electrons. The average molecular weight is 345 g/mol. The molecule has 2 aliphatic rings. The molecule has 1 fully saturated rings. The summed E-state index contributed by atoms with van der Waals surface area (Å²) in [4.78, 5) is 31.8. The highest BCUT2D eigenvalue weighted by Crippen LogP contribution is 2.42. The molecule has 1 aliphatic carbocycles. The number of hydrogen-bond acceptors (Lipinski definition) is 3. The van der Waals surface area contributed by atoms with Crippen molar-refractivity contribution < 1.29 is 19.1 Å². The summed E-state index contributed by atoms with van der Waals surface area (Å²) in [5, 5.41) is 10.3. The Morgan fingerprint density at radius 1 is 1.32 bits per heavy atom. The first-order chi connectivity index (χ1) is 12.1. The molecule has 1 amide bonds. The van der Waals surface area contributed by atoms with Gasteiger partial charge < -0.3 is 15.0 Å². The van der Waals surface area contributed by atoms with Crippen molar-refractivity contribution in [3.63, 3.8) is 0 Å². The van der Waals surface area contributed by atoms with Crippen LogP contribution in [0.4, 0.5) is 4.39 Å². The van der Waals surface area contributed by atoms with Crippen LogP contribution in [0.3, 0.4) is 0 Å². The minimum atomic E-state index is -0.868. The summed E-state index contributed by atoms with van der Waals surface area (Å²) in [5.74, 6) is -1.89. The Labute approximate surface area is 144 Å². The summed E-state index contributed by atoms with van der Waals surface area (Å²) >= 11 is 0. The number of carbonyl (C=O) groups is 2. The predicted molar refractivity (Wildman–Crippen MR) is 89.0 cm³/mol. The van der Waals surface area contributed by atoms with Crippen LogP contribution in [0.1, 0.15) is 54.3 Å². The SMILES string of the molecule is O=CN1CCC(c2c(F)cnc3[nH]c4c(c23)C(C(=O)O)CCC4)CC1. The molecule has 0 radical (unpaired) electrons. The van der Waals surface area contributed by atoms with E-state index >= 15 is 0 Å². The molecule has 1 atom stereocenters. The van der Waals surface area contributed by atoms with Gasteiger partial charge in [0, 0.05) is 29.7 Å². The Bertz CT molecular complexity index is 840. The molecular formula is C18H20FN3O3. The largest absolute Gasteiger partial charge is 0.481 e. The minimum Gasteiger partial charge on any atom is -0.481 e. The first-order valence-electron chi connectivity index (χ1n) is 8.71. The van der Waals surface area contributed by atoms with E-state index in [0.29, 0.717) is 54.5 Å². The molecule has 0 aromatic carbocycles. The fourth-order valence-electron chi connectivity index (χ4n) is 4.38. The highest BCUT2D eigenvalue weighted by Gasteiger charge is 2.34. The average Bonchev–Trinajstić information content (AvgIpc) is 3.00. The van der Waals surface area contributed by atoms with Gasteiger partial charge in [-0.25, -0.2) is 9.37 Å². The zero-order valence-corrected chi connectivity index (χ0v) is 13.8. The summed E-state index contributed by atoms with van der Waals surface area (Å²) in [5.41, 5.74) is 2.74. The number of nitrogens with one attached hydrogen (secondary N) is 1. The van der Waals surface area contributed by atoms with Crippen LogP contribution in [-0.2, 0) is 16.0 Å². The van der Waals surface area contributed by atoms with E-state index in [1.165, 1.54) is 6.20 Å². The van der Waals surface area contributed by atoms with E-state index in [-0.39, 0.29) is 11.7 Å². The van der Waals surface area contributed by atoms with Gasteiger partial charge in [-0.15, -0.1) is 0 Å². The third-order valence-corrected chi connectivity index (χ3v) is 5.59. The predicted octanol–water partition coefficient (Wildman–Crippen LogP) is 2.54. The number of amides is 1. The molecule has 1 aliphatic heterocycles. The number of piperidine rings is 1. The van der Waals surface area contributed by atoms with Crippen molar-refractivity contribution in [3.05, 3.63) is 28.8 Å². The quantitative estimate of drug-likeness (QED) is 0.837. The molecule has 2 aromatic heterocycles. The van der Waals surface area contributed by atoms with Gasteiger partial charge in [0.05, 0.1) is 12.1 Å². The molecule has 2 aromatic rings. The van der Waals surface area contributed by atoms with Gasteiger partial charge in [0.25, 0.3) is 0 Å². The molecule has 3 heterocycles. The number of aromatic amines is 1. The number of H-pyrrole nitrogens is 1. The molecule has 1 saturated heterocycles. The second-order valence-corrected chi connectivity index (χ2v) is 6.96.